The first-order chi connectivity index (χ1) is 17.5. The molecule has 0 radical (unpaired) electrons. The molecule has 0 atom stereocenters. The van der Waals surface area contributed by atoms with Crippen LogP contribution >= 0.6 is 0 Å². The summed E-state index contributed by atoms with van der Waals surface area (Å²) in [5.41, 5.74) is 12.0. The Kier molecular flexibility index (Phi) is 5.52. The van der Waals surface area contributed by atoms with E-state index in [0.29, 0.717) is 5.69 Å². The van der Waals surface area contributed by atoms with Gasteiger partial charge in [0.05, 0.1) is 5.69 Å². The van der Waals surface area contributed by atoms with Gasteiger partial charge in [-0.15, -0.1) is 0 Å². The predicted octanol–water partition coefficient (Wildman–Crippen LogP) is 7.59. The third kappa shape index (κ3) is 3.83. The first kappa shape index (κ1) is 22.4. The van der Waals surface area contributed by atoms with Gasteiger partial charge in [-0.05, 0) is 63.3 Å². The minimum atomic E-state index is -0.0798. The number of benzene rings is 3. The van der Waals surface area contributed by atoms with E-state index in [2.05, 4.69) is 89.8 Å². The predicted molar refractivity (Wildman–Crippen MR) is 148 cm³/mol. The Morgan fingerprint density at radius 1 is 0.750 bits per heavy atom. The maximum atomic E-state index is 14.0. The molecule has 0 fully saturated rings. The minimum Gasteiger partial charge on any atom is -0.325 e. The van der Waals surface area contributed by atoms with Crippen LogP contribution in [0.2, 0.25) is 0 Å². The molecule has 6 rings (SSSR count). The molecule has 1 aliphatic heterocycles. The fraction of sp³-hybridized carbons (Fsp3) is 0.219. The van der Waals surface area contributed by atoms with Gasteiger partial charge < -0.3 is 9.88 Å². The number of anilines is 1. The van der Waals surface area contributed by atoms with Gasteiger partial charge in [-0.3, -0.25) is 9.20 Å². The van der Waals surface area contributed by atoms with Gasteiger partial charge in [0.25, 0.3) is 5.91 Å². The third-order valence-corrected chi connectivity index (χ3v) is 7.35. The number of aryl methyl sites for hydroxylation is 5. The average molecular weight is 474 g/mol. The van der Waals surface area contributed by atoms with Crippen molar-refractivity contribution in [2.75, 3.05) is 5.32 Å². The van der Waals surface area contributed by atoms with E-state index in [1.54, 1.807) is 0 Å². The Hall–Kier alpha value is -4.05. The maximum absolute atomic E-state index is 14.0. The van der Waals surface area contributed by atoms with Crippen LogP contribution in [-0.2, 0) is 13.0 Å². The second-order valence-corrected chi connectivity index (χ2v) is 10.1. The summed E-state index contributed by atoms with van der Waals surface area (Å²) in [7, 11) is 0. The third-order valence-electron chi connectivity index (χ3n) is 7.35. The van der Waals surface area contributed by atoms with Crippen molar-refractivity contribution in [2.45, 2.75) is 46.6 Å². The normalized spacial score (nSPS) is 13.1. The van der Waals surface area contributed by atoms with Gasteiger partial charge in [-0.1, -0.05) is 77.4 Å². The van der Waals surface area contributed by atoms with Gasteiger partial charge in [0.2, 0.25) is 0 Å². The number of carbonyl (C=O) groups excluding carboxylic acids is 1. The fourth-order valence-corrected chi connectivity index (χ4v) is 5.42. The highest BCUT2D eigenvalue weighted by atomic mass is 16.1. The number of carbonyl (C=O) groups is 1. The van der Waals surface area contributed by atoms with E-state index in [0.717, 1.165) is 54.0 Å². The zero-order valence-electron chi connectivity index (χ0n) is 21.1. The molecule has 0 aliphatic carbocycles. The van der Waals surface area contributed by atoms with Crippen molar-refractivity contribution in [1.29, 1.82) is 0 Å². The van der Waals surface area contributed by atoms with Crippen LogP contribution < -0.4 is 5.32 Å². The molecule has 4 nitrogen and oxygen atoms in total. The average Bonchev–Trinajstić information content (AvgIpc) is 3.29. The zero-order valence-corrected chi connectivity index (χ0v) is 21.1. The van der Waals surface area contributed by atoms with Crippen LogP contribution in [0, 0.1) is 20.8 Å². The van der Waals surface area contributed by atoms with Crippen LogP contribution in [0.5, 0.6) is 0 Å². The standard InChI is InChI=1S/C32H31N3O/c1-21-7-13-24(14-8-21)28-20-35-30(31(36)33-26-17-11-23(3)12-18-26)29(25-15-9-22(2)10-16-25)27-6-4-5-19-34(28)32(27)35/h7-18,20H,4-6,19H2,1-3H3,(H,33,36). The number of hydrogen-bond acceptors (Lipinski definition) is 1. The fourth-order valence-electron chi connectivity index (χ4n) is 5.42. The Bertz CT molecular complexity index is 1570. The van der Waals surface area contributed by atoms with Gasteiger partial charge >= 0.3 is 0 Å². The van der Waals surface area contributed by atoms with E-state index in [-0.39, 0.29) is 5.91 Å². The summed E-state index contributed by atoms with van der Waals surface area (Å²) < 4.78 is 4.57. The molecule has 0 unspecified atom stereocenters. The second-order valence-electron chi connectivity index (χ2n) is 10.1. The smallest absolute Gasteiger partial charge is 0.273 e. The molecule has 0 saturated carbocycles. The van der Waals surface area contributed by atoms with E-state index < -0.39 is 0 Å². The summed E-state index contributed by atoms with van der Waals surface area (Å²) in [5, 5.41) is 3.18. The molecule has 1 N–H and O–H groups in total. The van der Waals surface area contributed by atoms with Crippen LogP contribution in [0.1, 0.15) is 45.6 Å². The van der Waals surface area contributed by atoms with Crippen LogP contribution in [0.25, 0.3) is 28.0 Å². The Morgan fingerprint density at radius 2 is 1.33 bits per heavy atom. The molecule has 4 heteroatoms. The first-order valence-electron chi connectivity index (χ1n) is 12.8. The molecular weight excluding hydrogens is 442 g/mol. The summed E-state index contributed by atoms with van der Waals surface area (Å²) >= 11 is 0. The molecule has 5 aromatic rings. The summed E-state index contributed by atoms with van der Waals surface area (Å²) in [6.45, 7) is 7.21. The summed E-state index contributed by atoms with van der Waals surface area (Å²) in [5.74, 6) is -0.0798. The lowest BCUT2D eigenvalue weighted by molar-refractivity contribution is 0.102. The van der Waals surface area contributed by atoms with Crippen molar-refractivity contribution < 1.29 is 4.79 Å². The highest BCUT2D eigenvalue weighted by Crippen LogP contribution is 2.39. The Balaban J connectivity index is 1.60. The van der Waals surface area contributed by atoms with Gasteiger partial charge in [0, 0.05) is 29.6 Å². The number of rotatable bonds is 4. The highest BCUT2D eigenvalue weighted by Gasteiger charge is 2.29. The van der Waals surface area contributed by atoms with Crippen molar-refractivity contribution in [3.05, 3.63) is 107 Å². The van der Waals surface area contributed by atoms with Gasteiger partial charge in [-0.25, -0.2) is 0 Å². The lowest BCUT2D eigenvalue weighted by Crippen LogP contribution is -2.15. The van der Waals surface area contributed by atoms with Crippen LogP contribution in [0.15, 0.2) is 79.0 Å². The summed E-state index contributed by atoms with van der Waals surface area (Å²) in [6.07, 6.45) is 5.35. The lowest BCUT2D eigenvalue weighted by Gasteiger charge is -2.11. The molecule has 0 saturated heterocycles. The van der Waals surface area contributed by atoms with Gasteiger partial charge in [-0.2, -0.15) is 0 Å². The topological polar surface area (TPSA) is 38.4 Å². The zero-order chi connectivity index (χ0) is 24.8. The Morgan fingerprint density at radius 3 is 1.97 bits per heavy atom. The maximum Gasteiger partial charge on any atom is 0.273 e. The Labute approximate surface area is 212 Å². The van der Waals surface area contributed by atoms with E-state index in [1.807, 2.05) is 24.3 Å². The van der Waals surface area contributed by atoms with Crippen molar-refractivity contribution in [1.82, 2.24) is 8.97 Å². The number of nitrogens with zero attached hydrogens (tertiary/aromatic N) is 2. The SMILES string of the molecule is Cc1ccc(NC(=O)c2c(-c3ccc(C)cc3)c3c4n(c(-c5ccc(C)cc5)cn24)CCCC3)cc1. The molecule has 0 bridgehead atoms. The van der Waals surface area contributed by atoms with Crippen molar-refractivity contribution >= 4 is 17.2 Å². The lowest BCUT2D eigenvalue weighted by atomic mass is 9.97. The van der Waals surface area contributed by atoms with Gasteiger partial charge in [0.15, 0.2) is 0 Å². The monoisotopic (exact) mass is 473 g/mol. The number of nitrogens with one attached hydrogen (secondary N) is 1. The van der Waals surface area contributed by atoms with E-state index in [1.165, 1.54) is 27.8 Å². The second kappa shape index (κ2) is 8.87. The number of hydrogen-bond donors (Lipinski definition) is 1. The molecule has 2 aromatic heterocycles. The number of aromatic nitrogens is 2. The largest absolute Gasteiger partial charge is 0.325 e. The van der Waals surface area contributed by atoms with Crippen molar-refractivity contribution in [2.24, 2.45) is 0 Å². The minimum absolute atomic E-state index is 0.0798. The quantitative estimate of drug-likeness (QED) is 0.287. The molecule has 3 heterocycles. The van der Waals surface area contributed by atoms with Crippen molar-refractivity contribution in [3.63, 3.8) is 0 Å². The van der Waals surface area contributed by atoms with E-state index in [4.69, 9.17) is 0 Å². The first-order valence-corrected chi connectivity index (χ1v) is 12.8. The summed E-state index contributed by atoms with van der Waals surface area (Å²) in [4.78, 5) is 14.0. The molecule has 36 heavy (non-hydrogen) atoms. The molecule has 180 valence electrons. The number of amides is 1. The van der Waals surface area contributed by atoms with Gasteiger partial charge in [0.1, 0.15) is 11.3 Å². The van der Waals surface area contributed by atoms with Crippen molar-refractivity contribution in [3.8, 4) is 22.4 Å². The molecule has 3 aromatic carbocycles. The molecule has 0 spiro atoms. The molecule has 1 amide bonds. The molecule has 1 aliphatic rings. The van der Waals surface area contributed by atoms with Crippen LogP contribution in [0.4, 0.5) is 5.69 Å². The van der Waals surface area contributed by atoms with Crippen LogP contribution in [-0.4, -0.2) is 14.9 Å². The summed E-state index contributed by atoms with van der Waals surface area (Å²) in [6, 6.07) is 25.3. The number of imidazole rings is 1. The van der Waals surface area contributed by atoms with Crippen LogP contribution in [0.3, 0.4) is 0 Å². The highest BCUT2D eigenvalue weighted by molar-refractivity contribution is 6.10. The van der Waals surface area contributed by atoms with E-state index in [9.17, 15) is 4.79 Å². The molecular formula is C32H31N3O. The van der Waals surface area contributed by atoms with E-state index >= 15 is 0 Å².